The summed E-state index contributed by atoms with van der Waals surface area (Å²) >= 11 is 0. The zero-order chi connectivity index (χ0) is 28.4. The van der Waals surface area contributed by atoms with Crippen molar-refractivity contribution in [3.05, 3.63) is 77.7 Å². The molecule has 0 aliphatic carbocycles. The number of aliphatic carboxylic acids is 1. The number of ether oxygens (including phenoxy) is 1. The van der Waals surface area contributed by atoms with E-state index in [1.165, 1.54) is 18.3 Å². The molecule has 39 heavy (non-hydrogen) atoms. The minimum absolute atomic E-state index is 0.00329. The van der Waals surface area contributed by atoms with Gasteiger partial charge in [0.2, 0.25) is 5.88 Å². The third-order valence-electron chi connectivity index (χ3n) is 5.82. The Morgan fingerprint density at radius 1 is 1.08 bits per heavy atom. The molecule has 1 heterocycles. The summed E-state index contributed by atoms with van der Waals surface area (Å²) in [5.41, 5.74) is 0.435. The Morgan fingerprint density at radius 2 is 1.82 bits per heavy atom. The molecule has 3 aromatic rings. The van der Waals surface area contributed by atoms with Gasteiger partial charge >= 0.3 is 12.1 Å². The zero-order valence-corrected chi connectivity index (χ0v) is 21.2. The van der Waals surface area contributed by atoms with Crippen LogP contribution in [-0.2, 0) is 11.0 Å². The summed E-state index contributed by atoms with van der Waals surface area (Å²) in [5, 5.41) is 14.6. The molecule has 0 aliphatic rings. The monoisotopic (exact) mass is 547 g/mol. The topological polar surface area (TPSA) is 101 Å². The van der Waals surface area contributed by atoms with Gasteiger partial charge < -0.3 is 20.5 Å². The Morgan fingerprint density at radius 3 is 2.41 bits per heavy atom. The van der Waals surface area contributed by atoms with Crippen LogP contribution >= 0.6 is 0 Å². The van der Waals surface area contributed by atoms with Crippen LogP contribution in [0.25, 0.3) is 11.1 Å². The molecule has 1 amide bonds. The number of alkyl halides is 3. The first-order valence-corrected chi connectivity index (χ1v) is 12.4. The second-order valence-corrected chi connectivity index (χ2v) is 8.85. The number of hydrogen-bond donors (Lipinski definition) is 3. The molecule has 0 saturated heterocycles. The van der Waals surface area contributed by atoms with Gasteiger partial charge in [0.15, 0.2) is 0 Å². The summed E-state index contributed by atoms with van der Waals surface area (Å²) in [6.07, 6.45) is -0.742. The number of carboxylic acids is 1. The van der Waals surface area contributed by atoms with Crippen molar-refractivity contribution in [3.8, 4) is 17.0 Å². The summed E-state index contributed by atoms with van der Waals surface area (Å²) in [6, 6.07) is 12.1. The molecule has 0 aliphatic heterocycles. The van der Waals surface area contributed by atoms with Crippen LogP contribution < -0.4 is 15.4 Å². The quantitative estimate of drug-likeness (QED) is 0.222. The molecular weight excluding hydrogens is 518 g/mol. The number of aromatic nitrogens is 1. The van der Waals surface area contributed by atoms with Crippen LogP contribution in [0.15, 0.2) is 60.8 Å². The smallest absolute Gasteiger partial charge is 0.416 e. The molecule has 11 heteroatoms. The summed E-state index contributed by atoms with van der Waals surface area (Å²) in [6.45, 7) is 2.37. The molecule has 7 nitrogen and oxygen atoms in total. The minimum Gasteiger partial charge on any atom is -0.481 e. The fraction of sp³-hybridized carbons (Fsp3) is 0.321. The van der Waals surface area contributed by atoms with Crippen LogP contribution in [-0.4, -0.2) is 41.2 Å². The van der Waals surface area contributed by atoms with E-state index < -0.39 is 23.5 Å². The molecule has 0 bridgehead atoms. The van der Waals surface area contributed by atoms with E-state index in [9.17, 15) is 27.2 Å². The Balaban J connectivity index is 1.59. The van der Waals surface area contributed by atoms with E-state index in [2.05, 4.69) is 22.5 Å². The third kappa shape index (κ3) is 8.98. The molecule has 208 valence electrons. The summed E-state index contributed by atoms with van der Waals surface area (Å²) in [4.78, 5) is 26.9. The van der Waals surface area contributed by atoms with Crippen molar-refractivity contribution in [2.45, 2.75) is 44.8 Å². The van der Waals surface area contributed by atoms with E-state index in [0.717, 1.165) is 37.1 Å². The van der Waals surface area contributed by atoms with E-state index in [0.29, 0.717) is 17.2 Å². The van der Waals surface area contributed by atoms with Gasteiger partial charge in [-0.1, -0.05) is 25.8 Å². The number of amides is 1. The maximum Gasteiger partial charge on any atom is 0.416 e. The second kappa shape index (κ2) is 13.6. The largest absolute Gasteiger partial charge is 0.481 e. The van der Waals surface area contributed by atoms with Crippen LogP contribution in [0, 0.1) is 5.82 Å². The Labute approximate surface area is 223 Å². The fourth-order valence-electron chi connectivity index (χ4n) is 3.72. The van der Waals surface area contributed by atoms with E-state index in [1.807, 2.05) is 0 Å². The van der Waals surface area contributed by atoms with Crippen molar-refractivity contribution in [3.63, 3.8) is 0 Å². The lowest BCUT2D eigenvalue weighted by molar-refractivity contribution is -0.138. The molecule has 1 atom stereocenters. The molecule has 3 rings (SSSR count). The number of carboxylic acid groups (broad SMARTS) is 1. The fourth-order valence-corrected chi connectivity index (χ4v) is 3.72. The molecule has 3 N–H and O–H groups in total. The number of carbonyl (C=O) groups is 2. The highest BCUT2D eigenvalue weighted by Crippen LogP contribution is 2.33. The van der Waals surface area contributed by atoms with Gasteiger partial charge in [0.05, 0.1) is 18.0 Å². The van der Waals surface area contributed by atoms with Crippen LogP contribution in [0.2, 0.25) is 0 Å². The highest BCUT2D eigenvalue weighted by molar-refractivity contribution is 5.94. The van der Waals surface area contributed by atoms with Crippen LogP contribution in [0.4, 0.5) is 23.2 Å². The van der Waals surface area contributed by atoms with Gasteiger partial charge in [-0.3, -0.25) is 9.59 Å². The Kier molecular flexibility index (Phi) is 10.2. The molecule has 0 radical (unpaired) electrons. The van der Waals surface area contributed by atoms with Gasteiger partial charge in [-0.2, -0.15) is 13.2 Å². The molecule has 0 spiro atoms. The van der Waals surface area contributed by atoms with Crippen molar-refractivity contribution in [2.24, 2.45) is 0 Å². The van der Waals surface area contributed by atoms with Crippen LogP contribution in [0.1, 0.15) is 48.5 Å². The molecule has 0 fully saturated rings. The number of hydrogen-bond acceptors (Lipinski definition) is 5. The third-order valence-corrected chi connectivity index (χ3v) is 5.82. The Bertz CT molecular complexity index is 1250. The second-order valence-electron chi connectivity index (χ2n) is 8.85. The first kappa shape index (κ1) is 29.4. The van der Waals surface area contributed by atoms with E-state index in [-0.39, 0.29) is 43.0 Å². The number of halogens is 4. The Hall–Kier alpha value is -4.15. The maximum absolute atomic E-state index is 14.3. The number of pyridine rings is 1. The van der Waals surface area contributed by atoms with Crippen molar-refractivity contribution in [2.75, 3.05) is 18.5 Å². The van der Waals surface area contributed by atoms with E-state index in [1.54, 1.807) is 24.3 Å². The number of anilines is 1. The predicted molar refractivity (Wildman–Crippen MR) is 138 cm³/mol. The lowest BCUT2D eigenvalue weighted by Crippen LogP contribution is -2.28. The minimum atomic E-state index is -4.63. The molecule has 0 saturated carbocycles. The average Bonchev–Trinajstić information content (AvgIpc) is 2.90. The lowest BCUT2D eigenvalue weighted by atomic mass is 10.0. The molecular formula is C28H29F4N3O4. The average molecular weight is 548 g/mol. The van der Waals surface area contributed by atoms with Gasteiger partial charge in [0, 0.05) is 41.2 Å². The van der Waals surface area contributed by atoms with Gasteiger partial charge in [-0.15, -0.1) is 0 Å². The van der Waals surface area contributed by atoms with Crippen molar-refractivity contribution in [1.82, 2.24) is 10.3 Å². The number of nitrogens with zero attached hydrogens (tertiary/aromatic N) is 1. The molecule has 0 unspecified atom stereocenters. The number of unbranched alkanes of at least 4 members (excludes halogenated alkanes) is 1. The number of nitrogens with one attached hydrogen (secondary N) is 2. The first-order valence-electron chi connectivity index (χ1n) is 12.4. The number of rotatable bonds is 13. The van der Waals surface area contributed by atoms with E-state index in [4.69, 9.17) is 9.84 Å². The van der Waals surface area contributed by atoms with Crippen molar-refractivity contribution >= 4 is 17.6 Å². The first-order chi connectivity index (χ1) is 18.6. The predicted octanol–water partition coefficient (Wildman–Crippen LogP) is 6.16. The highest BCUT2D eigenvalue weighted by Gasteiger charge is 2.31. The highest BCUT2D eigenvalue weighted by atomic mass is 19.4. The van der Waals surface area contributed by atoms with Crippen molar-refractivity contribution in [1.29, 1.82) is 0 Å². The van der Waals surface area contributed by atoms with Gasteiger partial charge in [-0.05, 0) is 48.9 Å². The normalized spacial score (nSPS) is 12.0. The summed E-state index contributed by atoms with van der Waals surface area (Å²) in [7, 11) is 0. The lowest BCUT2D eigenvalue weighted by Gasteiger charge is -2.20. The van der Waals surface area contributed by atoms with Crippen LogP contribution in [0.3, 0.4) is 0 Å². The molecule has 1 aromatic heterocycles. The summed E-state index contributed by atoms with van der Waals surface area (Å²) in [5.74, 6) is -2.07. The standard InChI is InChI=1S/C28H29F4N3O4/c1-2-3-4-22(35-21-9-5-18(6-10-21)27(38)33-14-13-26(36)37)17-39-25-12-7-19(16-34-25)23-11-8-20(15-24(23)29)28(30,31)32/h5-12,15-16,22,35H,2-4,13-14,17H2,1H3,(H,33,38)(H,36,37)/t22-/m0/s1. The SMILES string of the molecule is CCCC[C@@H](COc1ccc(-c2ccc(C(F)(F)F)cc2F)cn1)Nc1ccc(C(=O)NCCC(=O)O)cc1. The van der Waals surface area contributed by atoms with Gasteiger partial charge in [-0.25, -0.2) is 9.37 Å². The molecule has 2 aromatic carbocycles. The van der Waals surface area contributed by atoms with Crippen LogP contribution in [0.5, 0.6) is 5.88 Å². The van der Waals surface area contributed by atoms with Gasteiger partial charge in [0.1, 0.15) is 12.4 Å². The van der Waals surface area contributed by atoms with Gasteiger partial charge in [0.25, 0.3) is 5.91 Å². The number of carbonyl (C=O) groups excluding carboxylic acids is 1. The maximum atomic E-state index is 14.3. The summed E-state index contributed by atoms with van der Waals surface area (Å²) < 4.78 is 58.5. The van der Waals surface area contributed by atoms with Crippen molar-refractivity contribution < 1.29 is 37.0 Å². The number of benzene rings is 2. The zero-order valence-electron chi connectivity index (χ0n) is 21.2. The van der Waals surface area contributed by atoms with E-state index >= 15 is 0 Å².